The SMILES string of the molecule is O=C(C[C@H]1C=C[C@@H](NC(=O)C2CCOCC2)[C@@H](CO)O1)Nc1nccs1. The molecule has 0 spiro atoms. The molecule has 3 atom stereocenters. The van der Waals surface area contributed by atoms with Crippen LogP contribution in [0.5, 0.6) is 0 Å². The minimum Gasteiger partial charge on any atom is -0.394 e. The van der Waals surface area contributed by atoms with Crippen LogP contribution in [0, 0.1) is 5.92 Å². The average Bonchev–Trinajstić information content (AvgIpc) is 3.16. The van der Waals surface area contributed by atoms with Crippen LogP contribution in [-0.4, -0.2) is 60.0 Å². The fraction of sp³-hybridized carbons (Fsp3) is 0.588. The molecule has 1 fully saturated rings. The Labute approximate surface area is 155 Å². The molecule has 3 N–H and O–H groups in total. The summed E-state index contributed by atoms with van der Waals surface area (Å²) in [5.41, 5.74) is 0. The third kappa shape index (κ3) is 5.10. The molecule has 9 heteroatoms. The number of hydrogen-bond donors (Lipinski definition) is 3. The molecule has 142 valence electrons. The number of anilines is 1. The highest BCUT2D eigenvalue weighted by molar-refractivity contribution is 7.13. The first-order chi connectivity index (χ1) is 12.7. The molecule has 0 unspecified atom stereocenters. The topological polar surface area (TPSA) is 110 Å². The Bertz CT molecular complexity index is 630. The number of aliphatic hydroxyl groups excluding tert-OH is 1. The van der Waals surface area contributed by atoms with Gasteiger partial charge in [-0.15, -0.1) is 11.3 Å². The van der Waals surface area contributed by atoms with Crippen LogP contribution in [0.25, 0.3) is 0 Å². The molecule has 1 saturated heterocycles. The number of aliphatic hydroxyl groups is 1. The van der Waals surface area contributed by atoms with Crippen LogP contribution in [0.3, 0.4) is 0 Å². The van der Waals surface area contributed by atoms with Crippen molar-refractivity contribution in [3.05, 3.63) is 23.7 Å². The van der Waals surface area contributed by atoms with Crippen LogP contribution in [0.2, 0.25) is 0 Å². The van der Waals surface area contributed by atoms with Crippen molar-refractivity contribution < 1.29 is 24.2 Å². The first-order valence-electron chi connectivity index (χ1n) is 8.68. The van der Waals surface area contributed by atoms with Crippen LogP contribution in [0.1, 0.15) is 19.3 Å². The lowest BCUT2D eigenvalue weighted by atomic mass is 9.97. The van der Waals surface area contributed by atoms with E-state index in [-0.39, 0.29) is 30.8 Å². The first kappa shape index (κ1) is 19.0. The number of nitrogens with zero attached hydrogens (tertiary/aromatic N) is 1. The van der Waals surface area contributed by atoms with Gasteiger partial charge in [-0.05, 0) is 12.8 Å². The monoisotopic (exact) mass is 381 g/mol. The van der Waals surface area contributed by atoms with Gasteiger partial charge in [-0.2, -0.15) is 0 Å². The molecule has 0 aromatic carbocycles. The number of carbonyl (C=O) groups excluding carboxylic acids is 2. The van der Waals surface area contributed by atoms with E-state index in [0.717, 1.165) is 0 Å². The average molecular weight is 381 g/mol. The van der Waals surface area contributed by atoms with Gasteiger partial charge in [-0.1, -0.05) is 12.2 Å². The molecule has 0 aliphatic carbocycles. The Morgan fingerprint density at radius 3 is 2.81 bits per heavy atom. The highest BCUT2D eigenvalue weighted by atomic mass is 32.1. The van der Waals surface area contributed by atoms with Gasteiger partial charge < -0.3 is 25.2 Å². The van der Waals surface area contributed by atoms with Crippen molar-refractivity contribution in [3.8, 4) is 0 Å². The summed E-state index contributed by atoms with van der Waals surface area (Å²) >= 11 is 1.34. The number of carbonyl (C=O) groups is 2. The largest absolute Gasteiger partial charge is 0.394 e. The number of rotatable bonds is 6. The van der Waals surface area contributed by atoms with Crippen molar-refractivity contribution >= 4 is 28.3 Å². The van der Waals surface area contributed by atoms with E-state index in [1.807, 2.05) is 0 Å². The van der Waals surface area contributed by atoms with Gasteiger partial charge in [0.1, 0.15) is 6.10 Å². The highest BCUT2D eigenvalue weighted by Gasteiger charge is 2.31. The molecule has 1 aromatic rings. The van der Waals surface area contributed by atoms with Crippen molar-refractivity contribution in [1.82, 2.24) is 10.3 Å². The van der Waals surface area contributed by atoms with Crippen molar-refractivity contribution in [2.24, 2.45) is 5.92 Å². The Morgan fingerprint density at radius 2 is 2.12 bits per heavy atom. The van der Waals surface area contributed by atoms with Gasteiger partial charge in [0.15, 0.2) is 5.13 Å². The smallest absolute Gasteiger partial charge is 0.229 e. The van der Waals surface area contributed by atoms with Gasteiger partial charge in [0.2, 0.25) is 11.8 Å². The highest BCUT2D eigenvalue weighted by Crippen LogP contribution is 2.19. The predicted octanol–water partition coefficient (Wildman–Crippen LogP) is 0.699. The number of aromatic nitrogens is 1. The maximum absolute atomic E-state index is 12.4. The molecule has 0 bridgehead atoms. The number of thiazole rings is 1. The molecule has 2 aliphatic rings. The molecular formula is C17H23N3O5S. The third-order valence-electron chi connectivity index (χ3n) is 4.43. The quantitative estimate of drug-likeness (QED) is 0.626. The molecular weight excluding hydrogens is 358 g/mol. The van der Waals surface area contributed by atoms with Crippen molar-refractivity contribution in [2.75, 3.05) is 25.1 Å². The summed E-state index contributed by atoms with van der Waals surface area (Å²) in [6, 6.07) is -0.409. The molecule has 8 nitrogen and oxygen atoms in total. The molecule has 26 heavy (non-hydrogen) atoms. The van der Waals surface area contributed by atoms with E-state index in [9.17, 15) is 14.7 Å². The molecule has 3 rings (SSSR count). The third-order valence-corrected chi connectivity index (χ3v) is 5.12. The number of amides is 2. The molecule has 2 aliphatic heterocycles. The zero-order chi connectivity index (χ0) is 18.4. The fourth-order valence-electron chi connectivity index (χ4n) is 3.02. The van der Waals surface area contributed by atoms with E-state index in [4.69, 9.17) is 9.47 Å². The number of hydrogen-bond acceptors (Lipinski definition) is 7. The minimum atomic E-state index is -0.582. The van der Waals surface area contributed by atoms with Crippen LogP contribution in [0.15, 0.2) is 23.7 Å². The Hall–Kier alpha value is -1.81. The van der Waals surface area contributed by atoms with Crippen LogP contribution in [-0.2, 0) is 19.1 Å². The summed E-state index contributed by atoms with van der Waals surface area (Å²) in [4.78, 5) is 28.4. The Morgan fingerprint density at radius 1 is 1.31 bits per heavy atom. The number of ether oxygens (including phenoxy) is 2. The van der Waals surface area contributed by atoms with Crippen LogP contribution < -0.4 is 10.6 Å². The summed E-state index contributed by atoms with van der Waals surface area (Å²) in [5.74, 6) is -0.334. The number of nitrogens with one attached hydrogen (secondary N) is 2. The molecule has 1 aromatic heterocycles. The molecule has 3 heterocycles. The lowest BCUT2D eigenvalue weighted by Gasteiger charge is -2.33. The summed E-state index contributed by atoms with van der Waals surface area (Å²) < 4.78 is 11.0. The fourth-order valence-corrected chi connectivity index (χ4v) is 3.56. The van der Waals surface area contributed by atoms with E-state index >= 15 is 0 Å². The molecule has 0 saturated carbocycles. The van der Waals surface area contributed by atoms with Gasteiger partial charge in [0.05, 0.1) is 25.2 Å². The van der Waals surface area contributed by atoms with E-state index in [1.54, 1.807) is 23.7 Å². The second-order valence-electron chi connectivity index (χ2n) is 6.29. The van der Waals surface area contributed by atoms with Gasteiger partial charge >= 0.3 is 0 Å². The molecule has 2 amide bonds. The summed E-state index contributed by atoms with van der Waals surface area (Å²) in [6.07, 6.45) is 5.65. The maximum atomic E-state index is 12.4. The summed E-state index contributed by atoms with van der Waals surface area (Å²) in [7, 11) is 0. The van der Waals surface area contributed by atoms with E-state index < -0.39 is 18.2 Å². The van der Waals surface area contributed by atoms with Crippen LogP contribution in [0.4, 0.5) is 5.13 Å². The Kier molecular flexibility index (Phi) is 6.73. The Balaban J connectivity index is 1.52. The second kappa shape index (κ2) is 9.22. The van der Waals surface area contributed by atoms with Crippen LogP contribution >= 0.6 is 11.3 Å². The van der Waals surface area contributed by atoms with Gasteiger partial charge in [0, 0.05) is 30.7 Å². The zero-order valence-corrected chi connectivity index (χ0v) is 15.1. The van der Waals surface area contributed by atoms with Gasteiger partial charge in [-0.3, -0.25) is 9.59 Å². The van der Waals surface area contributed by atoms with Gasteiger partial charge in [-0.25, -0.2) is 4.98 Å². The van der Waals surface area contributed by atoms with Crippen molar-refractivity contribution in [1.29, 1.82) is 0 Å². The maximum Gasteiger partial charge on any atom is 0.229 e. The standard InChI is InChI=1S/C17H23N3O5S/c21-10-14-13(19-16(23)11-3-6-24-7-4-11)2-1-12(25-14)9-15(22)20-17-18-5-8-26-17/h1-2,5,8,11-14,21H,3-4,6-7,9-10H2,(H,19,23)(H,18,20,22)/t12-,13-,14-/m1/s1. The summed E-state index contributed by atoms with van der Waals surface area (Å²) in [5, 5.41) is 17.5. The normalized spacial score (nSPS) is 26.4. The lowest BCUT2D eigenvalue weighted by Crippen LogP contribution is -2.50. The second-order valence-corrected chi connectivity index (χ2v) is 7.19. The van der Waals surface area contributed by atoms with Gasteiger partial charge in [0.25, 0.3) is 0 Å². The van der Waals surface area contributed by atoms with E-state index in [2.05, 4.69) is 15.6 Å². The summed E-state index contributed by atoms with van der Waals surface area (Å²) in [6.45, 7) is 0.942. The predicted molar refractivity (Wildman–Crippen MR) is 95.7 cm³/mol. The van der Waals surface area contributed by atoms with Crippen molar-refractivity contribution in [2.45, 2.75) is 37.5 Å². The minimum absolute atomic E-state index is 0.0510. The van der Waals surface area contributed by atoms with E-state index in [0.29, 0.717) is 31.2 Å². The van der Waals surface area contributed by atoms with E-state index in [1.165, 1.54) is 11.3 Å². The molecule has 0 radical (unpaired) electrons. The lowest BCUT2D eigenvalue weighted by molar-refractivity contribution is -0.131. The zero-order valence-electron chi connectivity index (χ0n) is 14.3. The first-order valence-corrected chi connectivity index (χ1v) is 9.56. The van der Waals surface area contributed by atoms with Crippen molar-refractivity contribution in [3.63, 3.8) is 0 Å².